The molecule has 3 aliphatic heterocycles. The number of rotatable bonds is 12. The van der Waals surface area contributed by atoms with Crippen LogP contribution in [0.25, 0.3) is 172 Å². The number of aromatic nitrogens is 9. The number of fused-ring (bicyclic) bond motifs is 10. The maximum atomic E-state index is 5.14. The molecule has 3 aliphatic rings. The fraction of sp³-hybridized carbons (Fsp3) is 0. The molecule has 0 radical (unpaired) electrons. The van der Waals surface area contributed by atoms with Crippen molar-refractivity contribution < 1.29 is 0 Å². The Kier molecular flexibility index (Phi) is 18.7. The number of imidazole rings is 3. The first-order chi connectivity index (χ1) is 62.5. The van der Waals surface area contributed by atoms with E-state index in [9.17, 15) is 0 Å². The van der Waals surface area contributed by atoms with Crippen molar-refractivity contribution in [3.05, 3.63) is 431 Å². The molecule has 0 saturated heterocycles. The van der Waals surface area contributed by atoms with Gasteiger partial charge < -0.3 is 0 Å². The van der Waals surface area contributed by atoms with Crippen LogP contribution in [-0.2, 0) is 0 Å². The van der Waals surface area contributed by atoms with Crippen LogP contribution in [-0.4, -0.2) is 51.7 Å². The Hall–Kier alpha value is -14.9. The first-order valence-electron chi connectivity index (χ1n) is 42.1. The lowest BCUT2D eigenvalue weighted by molar-refractivity contribution is 1.04. The second-order valence-electron chi connectivity index (χ2n) is 31.5. The summed E-state index contributed by atoms with van der Waals surface area (Å²) in [5.41, 5.74) is 26.8. The van der Waals surface area contributed by atoms with Crippen molar-refractivity contribution in [1.29, 1.82) is 0 Å². The number of benzene rings is 17. The lowest BCUT2D eigenvalue weighted by Gasteiger charge is -2.34. The Morgan fingerprint density at radius 3 is 1.01 bits per heavy atom. The van der Waals surface area contributed by atoms with E-state index in [4.69, 9.17) is 24.9 Å². The average molecular weight is 1700 g/mol. The Morgan fingerprint density at radius 2 is 0.579 bits per heavy atom. The van der Waals surface area contributed by atoms with Gasteiger partial charge in [-0.3, -0.25) is 18.7 Å². The summed E-state index contributed by atoms with van der Waals surface area (Å²) in [5, 5.41) is 8.77. The van der Waals surface area contributed by atoms with E-state index in [1.165, 1.54) is 116 Å². The van der Waals surface area contributed by atoms with E-state index in [-0.39, 0.29) is 0 Å². The van der Waals surface area contributed by atoms with Gasteiger partial charge in [-0.15, -0.1) is 11.3 Å². The highest BCUT2D eigenvalue weighted by molar-refractivity contribution is 8.00. The summed E-state index contributed by atoms with van der Waals surface area (Å²) in [4.78, 5) is 37.2. The van der Waals surface area contributed by atoms with E-state index in [1.54, 1.807) is 11.3 Å². The summed E-state index contributed by atoms with van der Waals surface area (Å²) in [6.07, 6.45) is 1.83. The zero-order chi connectivity index (χ0) is 83.2. The van der Waals surface area contributed by atoms with Gasteiger partial charge in [0.1, 0.15) is 22.5 Å². The van der Waals surface area contributed by atoms with E-state index in [1.807, 2.05) is 65.7 Å². The number of para-hydroxylation sites is 4. The molecule has 126 heavy (non-hydrogen) atoms. The summed E-state index contributed by atoms with van der Waals surface area (Å²) in [5.74, 6) is 2.93. The third-order valence-electron chi connectivity index (χ3n) is 24.3. The Morgan fingerprint density at radius 1 is 0.230 bits per heavy atom. The summed E-state index contributed by atoms with van der Waals surface area (Å²) in [7, 11) is -2.59. The Labute approximate surface area is 744 Å². The van der Waals surface area contributed by atoms with Gasteiger partial charge in [-0.1, -0.05) is 381 Å². The van der Waals surface area contributed by atoms with Crippen LogP contribution in [0.2, 0.25) is 0 Å². The standard InChI is InChI=1S/C43H30N2SSi.C37H22N4S.C32H19N3S2/c1-5-15-32(16-6-1)43-44-38-24-14-26-40-41(38)45(43)39-25-13-23-37(42(39)46-40)31-27-29-36(30-28-31)47(33-17-7-2-8-18-33,34-19-9-3-10-20-34)35-21-11-4-12-22-35;1-2-7-27(8-3-1)37-40-30-11-5-13-32-35(30)41(37)31-12-4-10-28(36(31)42-32)23-14-16-24(17-15-23)29-21-20-26-19-18-25-9-6-22-38-33(25)34(26)39-29;1-2-8-21(9-3-1)31-33-25-12-7-15-28-29(25)35(31)26-13-6-10-23(30(26)36-28)20-16-18-22(19-17-20)32-34-24-11-4-5-14-27(24)37-32/h1-30H;1-22H;1-19H. The van der Waals surface area contributed by atoms with Crippen molar-refractivity contribution >= 4 is 141 Å². The zero-order valence-corrected chi connectivity index (χ0v) is 71.9. The van der Waals surface area contributed by atoms with Crippen LogP contribution >= 0.6 is 46.6 Å². The molecule has 23 aromatic rings. The van der Waals surface area contributed by atoms with Crippen molar-refractivity contribution in [3.63, 3.8) is 0 Å². The summed E-state index contributed by atoms with van der Waals surface area (Å²) in [6, 6.07) is 152. The van der Waals surface area contributed by atoms with Gasteiger partial charge >= 0.3 is 0 Å². The predicted molar refractivity (Wildman–Crippen MR) is 526 cm³/mol. The van der Waals surface area contributed by atoms with Gasteiger partial charge in [0.25, 0.3) is 0 Å². The molecule has 9 heterocycles. The van der Waals surface area contributed by atoms with Crippen LogP contribution in [0.5, 0.6) is 0 Å². The van der Waals surface area contributed by atoms with E-state index in [2.05, 4.69) is 419 Å². The quantitative estimate of drug-likeness (QED) is 0.0674. The molecule has 26 rings (SSSR count). The van der Waals surface area contributed by atoms with Gasteiger partial charge in [0.05, 0.1) is 77.1 Å². The topological polar surface area (TPSA) is 92.1 Å². The van der Waals surface area contributed by atoms with Crippen molar-refractivity contribution in [2.75, 3.05) is 0 Å². The second kappa shape index (κ2) is 31.5. The second-order valence-corrected chi connectivity index (χ2v) is 39.5. The molecular formula is C112H71N9S4Si. The molecule has 0 aliphatic carbocycles. The molecule has 9 nitrogen and oxygen atoms in total. The van der Waals surface area contributed by atoms with Gasteiger partial charge in [0.15, 0.2) is 8.07 Å². The molecule has 6 aromatic heterocycles. The lowest BCUT2D eigenvalue weighted by atomic mass is 10.0. The zero-order valence-electron chi connectivity index (χ0n) is 67.6. The van der Waals surface area contributed by atoms with Gasteiger partial charge in [-0.25, -0.2) is 24.9 Å². The minimum Gasteiger partial charge on any atom is -0.290 e. The average Bonchev–Trinajstić information content (AvgIpc) is 1.53. The number of hydrogen-bond donors (Lipinski definition) is 0. The molecule has 592 valence electrons. The molecule has 0 bridgehead atoms. The molecular weight excluding hydrogens is 1630 g/mol. The maximum absolute atomic E-state index is 5.14. The minimum absolute atomic E-state index is 0.933. The van der Waals surface area contributed by atoms with Crippen LogP contribution in [0.3, 0.4) is 0 Å². The van der Waals surface area contributed by atoms with Crippen molar-refractivity contribution in [2.45, 2.75) is 29.4 Å². The largest absolute Gasteiger partial charge is 0.290 e. The SMILES string of the molecule is c1ccc(-c2nc3cccc4c3n2-c2cccc(-c3ccc(-c5ccc6ccc7cccnc7c6n5)cc3)c2S4)cc1.c1ccc(-c2nc3cccc4c3n2-c2cccc(-c3ccc(-c5nc6ccccc6s5)cc3)c2S4)cc1.c1ccc(-c2nc3cccc4c3n2-c2cccc(-c3ccc([Si](c5ccccc5)(c5ccccc5)c5ccccc5)cc3)c2S4)cc1. The lowest BCUT2D eigenvalue weighted by Crippen LogP contribution is -2.74. The third kappa shape index (κ3) is 12.8. The normalized spacial score (nSPS) is 12.2. The van der Waals surface area contributed by atoms with Gasteiger partial charge in [0, 0.05) is 74.2 Å². The molecule has 0 fully saturated rings. The first-order valence-corrected chi connectivity index (χ1v) is 47.4. The van der Waals surface area contributed by atoms with E-state index in [0.29, 0.717) is 0 Å². The summed E-state index contributed by atoms with van der Waals surface area (Å²) < 4.78 is 8.25. The molecule has 0 unspecified atom stereocenters. The monoisotopic (exact) mass is 1700 g/mol. The first kappa shape index (κ1) is 74.9. The highest BCUT2D eigenvalue weighted by atomic mass is 32.2. The molecule has 0 atom stereocenters. The van der Waals surface area contributed by atoms with Crippen LogP contribution in [0.15, 0.2) is 460 Å². The molecule has 14 heteroatoms. The molecule has 0 spiro atoms. The fourth-order valence-corrected chi connectivity index (χ4v) is 27.8. The van der Waals surface area contributed by atoms with Gasteiger partial charge in [-0.05, 0) is 133 Å². The summed E-state index contributed by atoms with van der Waals surface area (Å²) in [6.45, 7) is 0. The number of pyridine rings is 2. The van der Waals surface area contributed by atoms with Crippen LogP contribution in [0.1, 0.15) is 0 Å². The van der Waals surface area contributed by atoms with Crippen molar-refractivity contribution in [1.82, 2.24) is 43.6 Å². The summed E-state index contributed by atoms with van der Waals surface area (Å²) >= 11 is 7.26. The highest BCUT2D eigenvalue weighted by Crippen LogP contribution is 2.53. The van der Waals surface area contributed by atoms with Crippen molar-refractivity contribution in [3.8, 4) is 106 Å². The Balaban J connectivity index is 0.000000106. The highest BCUT2D eigenvalue weighted by Gasteiger charge is 2.42. The minimum atomic E-state index is -2.59. The van der Waals surface area contributed by atoms with Crippen LogP contribution < -0.4 is 20.7 Å². The molecule has 17 aromatic carbocycles. The van der Waals surface area contributed by atoms with Crippen molar-refractivity contribution in [2.24, 2.45) is 0 Å². The van der Waals surface area contributed by atoms with E-state index < -0.39 is 8.07 Å². The maximum Gasteiger partial charge on any atom is 0.179 e. The fourth-order valence-electron chi connectivity index (χ4n) is 18.5. The van der Waals surface area contributed by atoms with Gasteiger partial charge in [0.2, 0.25) is 0 Å². The smallest absolute Gasteiger partial charge is 0.179 e. The van der Waals surface area contributed by atoms with Crippen LogP contribution in [0, 0.1) is 0 Å². The Bertz CT molecular complexity index is 8020. The number of thiazole rings is 1. The molecule has 0 N–H and O–H groups in total. The van der Waals surface area contributed by atoms with Crippen LogP contribution in [0.4, 0.5) is 0 Å². The number of hydrogen-bond acceptors (Lipinski definition) is 10. The molecule has 0 amide bonds. The van der Waals surface area contributed by atoms with E-state index in [0.717, 1.165) is 106 Å². The predicted octanol–water partition coefficient (Wildman–Crippen LogP) is 26.9. The van der Waals surface area contributed by atoms with Gasteiger partial charge in [-0.2, -0.15) is 0 Å². The number of nitrogens with zero attached hydrogens (tertiary/aromatic N) is 9. The molecule has 0 saturated carbocycles. The van der Waals surface area contributed by atoms with E-state index >= 15 is 0 Å². The third-order valence-corrected chi connectivity index (χ3v) is 33.7.